The molecule has 1 aliphatic rings. The van der Waals surface area contributed by atoms with Crippen LogP contribution in [0, 0.1) is 11.8 Å². The lowest BCUT2D eigenvalue weighted by Crippen LogP contribution is -2.48. The topological polar surface area (TPSA) is 87.5 Å². The lowest BCUT2D eigenvalue weighted by Gasteiger charge is -2.24. The lowest BCUT2D eigenvalue weighted by atomic mass is 10.1. The Labute approximate surface area is 121 Å². The van der Waals surface area contributed by atoms with Crippen LogP contribution in [-0.2, 0) is 9.59 Å². The van der Waals surface area contributed by atoms with Crippen molar-refractivity contribution in [3.05, 3.63) is 0 Å². The number of hydrogen-bond donors (Lipinski definition) is 3. The third kappa shape index (κ3) is 5.46. The van der Waals surface area contributed by atoms with Gasteiger partial charge in [-0.15, -0.1) is 0 Å². The molecule has 0 radical (unpaired) electrons. The van der Waals surface area contributed by atoms with Gasteiger partial charge in [0.2, 0.25) is 11.8 Å². The lowest BCUT2D eigenvalue weighted by molar-refractivity contribution is -0.127. The van der Waals surface area contributed by atoms with Crippen LogP contribution in [0.3, 0.4) is 0 Å². The van der Waals surface area contributed by atoms with Gasteiger partial charge >= 0.3 is 0 Å². The molecule has 6 nitrogen and oxygen atoms in total. The Morgan fingerprint density at radius 2 is 1.85 bits per heavy atom. The summed E-state index contributed by atoms with van der Waals surface area (Å²) in [5, 5.41) is 5.44. The fourth-order valence-corrected chi connectivity index (χ4v) is 2.12. The number of likely N-dealkylation sites (N-methyl/N-ethyl adjacent to an activating group) is 1. The highest BCUT2D eigenvalue weighted by Crippen LogP contribution is 2.34. The Morgan fingerprint density at radius 3 is 2.30 bits per heavy atom. The van der Waals surface area contributed by atoms with Crippen molar-refractivity contribution < 1.29 is 9.59 Å². The summed E-state index contributed by atoms with van der Waals surface area (Å²) in [6.45, 7) is 4.37. The largest absolute Gasteiger partial charge is 0.353 e. The van der Waals surface area contributed by atoms with Gasteiger partial charge in [-0.3, -0.25) is 9.59 Å². The van der Waals surface area contributed by atoms with E-state index in [9.17, 15) is 9.59 Å². The van der Waals surface area contributed by atoms with Gasteiger partial charge in [0.15, 0.2) is 0 Å². The highest BCUT2D eigenvalue weighted by Gasteiger charge is 2.32. The molecule has 1 rings (SSSR count). The second-order valence-electron chi connectivity index (χ2n) is 6.16. The summed E-state index contributed by atoms with van der Waals surface area (Å²) < 4.78 is 0. The van der Waals surface area contributed by atoms with Crippen molar-refractivity contribution in [3.8, 4) is 0 Å². The average Bonchev–Trinajstić information content (AvgIpc) is 3.19. The fourth-order valence-electron chi connectivity index (χ4n) is 2.12. The fraction of sp³-hybridized carbons (Fsp3) is 0.857. The molecule has 0 aliphatic heterocycles. The molecule has 2 amide bonds. The first-order valence-corrected chi connectivity index (χ1v) is 7.29. The first kappa shape index (κ1) is 16.9. The normalized spacial score (nSPS) is 17.9. The van der Waals surface area contributed by atoms with Crippen LogP contribution in [0.1, 0.15) is 26.7 Å². The molecule has 6 heteroatoms. The predicted octanol–water partition coefficient (Wildman–Crippen LogP) is -0.458. The average molecular weight is 284 g/mol. The summed E-state index contributed by atoms with van der Waals surface area (Å²) in [6, 6.07) is -0.184. The van der Waals surface area contributed by atoms with Crippen molar-refractivity contribution in [2.45, 2.75) is 38.8 Å². The van der Waals surface area contributed by atoms with Crippen molar-refractivity contribution in [1.29, 1.82) is 0 Å². The maximum Gasteiger partial charge on any atom is 0.239 e. The van der Waals surface area contributed by atoms with Crippen LogP contribution in [0.25, 0.3) is 0 Å². The summed E-state index contributed by atoms with van der Waals surface area (Å²) in [6.07, 6.45) is 2.47. The molecular weight excluding hydrogens is 256 g/mol. The SMILES string of the molecule is CC(C)[C@H](N)C(=O)NCC(=O)NCC(C1CC1)N(C)C. The third-order valence-electron chi connectivity index (χ3n) is 3.78. The van der Waals surface area contributed by atoms with E-state index < -0.39 is 6.04 Å². The van der Waals surface area contributed by atoms with E-state index in [0.29, 0.717) is 18.5 Å². The summed E-state index contributed by atoms with van der Waals surface area (Å²) in [5.41, 5.74) is 5.71. The van der Waals surface area contributed by atoms with E-state index in [-0.39, 0.29) is 24.3 Å². The van der Waals surface area contributed by atoms with Crippen LogP contribution in [0.2, 0.25) is 0 Å². The molecule has 20 heavy (non-hydrogen) atoms. The van der Waals surface area contributed by atoms with E-state index >= 15 is 0 Å². The second-order valence-corrected chi connectivity index (χ2v) is 6.16. The minimum atomic E-state index is -0.566. The molecule has 0 saturated heterocycles. The number of nitrogens with zero attached hydrogens (tertiary/aromatic N) is 1. The summed E-state index contributed by atoms with van der Waals surface area (Å²) >= 11 is 0. The zero-order valence-electron chi connectivity index (χ0n) is 13.0. The van der Waals surface area contributed by atoms with Gasteiger partial charge in [0.05, 0.1) is 12.6 Å². The summed E-state index contributed by atoms with van der Waals surface area (Å²) in [4.78, 5) is 25.5. The minimum Gasteiger partial charge on any atom is -0.353 e. The van der Waals surface area contributed by atoms with Crippen LogP contribution >= 0.6 is 0 Å². The van der Waals surface area contributed by atoms with Crippen LogP contribution < -0.4 is 16.4 Å². The third-order valence-corrected chi connectivity index (χ3v) is 3.78. The molecule has 2 atom stereocenters. The Balaban J connectivity index is 2.24. The smallest absolute Gasteiger partial charge is 0.239 e. The molecule has 0 aromatic rings. The van der Waals surface area contributed by atoms with E-state index in [0.717, 1.165) is 0 Å². The van der Waals surface area contributed by atoms with Crippen LogP contribution in [-0.4, -0.2) is 56.0 Å². The zero-order chi connectivity index (χ0) is 15.3. The number of amides is 2. The van der Waals surface area contributed by atoms with Crippen molar-refractivity contribution in [2.75, 3.05) is 27.2 Å². The Kier molecular flexibility index (Phi) is 6.42. The Morgan fingerprint density at radius 1 is 1.25 bits per heavy atom. The predicted molar refractivity (Wildman–Crippen MR) is 79.0 cm³/mol. The number of carbonyl (C=O) groups excluding carboxylic acids is 2. The van der Waals surface area contributed by atoms with Gasteiger partial charge in [-0.25, -0.2) is 0 Å². The van der Waals surface area contributed by atoms with Gasteiger partial charge in [0.1, 0.15) is 0 Å². The second kappa shape index (κ2) is 7.59. The Bertz CT molecular complexity index is 338. The number of carbonyl (C=O) groups is 2. The van der Waals surface area contributed by atoms with Crippen LogP contribution in [0.5, 0.6) is 0 Å². The monoisotopic (exact) mass is 284 g/mol. The number of nitrogens with two attached hydrogens (primary N) is 1. The molecule has 1 saturated carbocycles. The summed E-state index contributed by atoms with van der Waals surface area (Å²) in [5.74, 6) is 0.309. The van der Waals surface area contributed by atoms with Gasteiger partial charge < -0.3 is 21.3 Å². The first-order chi connectivity index (χ1) is 9.32. The van der Waals surface area contributed by atoms with E-state index in [1.54, 1.807) is 0 Å². The minimum absolute atomic E-state index is 0.00985. The van der Waals surface area contributed by atoms with E-state index in [4.69, 9.17) is 5.73 Å². The highest BCUT2D eigenvalue weighted by molar-refractivity contribution is 5.87. The van der Waals surface area contributed by atoms with Gasteiger partial charge in [-0.1, -0.05) is 13.8 Å². The van der Waals surface area contributed by atoms with Crippen molar-refractivity contribution in [3.63, 3.8) is 0 Å². The van der Waals surface area contributed by atoms with Crippen LogP contribution in [0.15, 0.2) is 0 Å². The molecule has 0 aromatic heterocycles. The quantitative estimate of drug-likeness (QED) is 0.563. The molecule has 0 spiro atoms. The highest BCUT2D eigenvalue weighted by atomic mass is 16.2. The van der Waals surface area contributed by atoms with Gasteiger partial charge in [0, 0.05) is 12.6 Å². The van der Waals surface area contributed by atoms with E-state index in [1.165, 1.54) is 12.8 Å². The van der Waals surface area contributed by atoms with Crippen molar-refractivity contribution in [1.82, 2.24) is 15.5 Å². The zero-order valence-corrected chi connectivity index (χ0v) is 13.0. The molecule has 0 aromatic carbocycles. The summed E-state index contributed by atoms with van der Waals surface area (Å²) in [7, 11) is 4.05. The van der Waals surface area contributed by atoms with Crippen LogP contribution in [0.4, 0.5) is 0 Å². The molecule has 0 bridgehead atoms. The molecule has 1 unspecified atom stereocenters. The molecule has 1 aliphatic carbocycles. The number of rotatable bonds is 8. The maximum atomic E-state index is 11.7. The van der Waals surface area contributed by atoms with Crippen molar-refractivity contribution in [2.24, 2.45) is 17.6 Å². The molecular formula is C14H28N4O2. The van der Waals surface area contributed by atoms with E-state index in [2.05, 4.69) is 15.5 Å². The molecule has 1 fully saturated rings. The molecule has 4 N–H and O–H groups in total. The number of nitrogens with one attached hydrogen (secondary N) is 2. The van der Waals surface area contributed by atoms with Gasteiger partial charge in [-0.05, 0) is 38.8 Å². The maximum absolute atomic E-state index is 11.7. The molecule has 116 valence electrons. The van der Waals surface area contributed by atoms with E-state index in [1.807, 2.05) is 27.9 Å². The van der Waals surface area contributed by atoms with Gasteiger partial charge in [0.25, 0.3) is 0 Å². The molecule has 0 heterocycles. The standard InChI is InChI=1S/C14H28N4O2/c1-9(2)13(15)14(20)17-8-12(19)16-7-11(18(3)4)10-5-6-10/h9-11,13H,5-8,15H2,1-4H3,(H,16,19)(H,17,20)/t11?,13-/m0/s1. The number of hydrogen-bond acceptors (Lipinski definition) is 4. The van der Waals surface area contributed by atoms with Crippen molar-refractivity contribution >= 4 is 11.8 Å². The van der Waals surface area contributed by atoms with Gasteiger partial charge in [-0.2, -0.15) is 0 Å². The Hall–Kier alpha value is -1.14. The first-order valence-electron chi connectivity index (χ1n) is 7.29.